The van der Waals surface area contributed by atoms with Gasteiger partial charge in [-0.25, -0.2) is 4.98 Å². The van der Waals surface area contributed by atoms with Gasteiger partial charge in [0.1, 0.15) is 5.82 Å². The lowest BCUT2D eigenvalue weighted by molar-refractivity contribution is 0.0940. The van der Waals surface area contributed by atoms with Crippen LogP contribution in [0.2, 0.25) is 0 Å². The Balaban J connectivity index is 1.64. The summed E-state index contributed by atoms with van der Waals surface area (Å²) in [5.41, 5.74) is 0.534. The van der Waals surface area contributed by atoms with Gasteiger partial charge in [-0.3, -0.25) is 4.79 Å². The topological polar surface area (TPSA) is 67.2 Å². The molecule has 1 aliphatic rings. The molecule has 0 fully saturated rings. The molecule has 0 saturated heterocycles. The van der Waals surface area contributed by atoms with E-state index < -0.39 is 0 Å². The molecule has 108 valence electrons. The number of nitrogens with one attached hydrogen (secondary N) is 1. The van der Waals surface area contributed by atoms with E-state index in [1.807, 2.05) is 47.3 Å². The Kier molecular flexibility index (Phi) is 3.83. The zero-order chi connectivity index (χ0) is 14.7. The summed E-state index contributed by atoms with van der Waals surface area (Å²) in [6.07, 6.45) is 10.0. The van der Waals surface area contributed by atoms with E-state index in [2.05, 4.69) is 10.3 Å². The molecule has 2 aromatic heterocycles. The quantitative estimate of drug-likeness (QED) is 0.836. The van der Waals surface area contributed by atoms with Crippen molar-refractivity contribution in [1.82, 2.24) is 14.9 Å². The minimum absolute atomic E-state index is 0.0150. The van der Waals surface area contributed by atoms with Crippen molar-refractivity contribution in [3.8, 4) is 5.82 Å². The fourth-order valence-electron chi connectivity index (χ4n) is 2.43. The summed E-state index contributed by atoms with van der Waals surface area (Å²) in [5.74, 6) is 0.775. The summed E-state index contributed by atoms with van der Waals surface area (Å²) >= 11 is 0. The lowest BCUT2D eigenvalue weighted by atomic mass is 10.1. The minimum atomic E-state index is -0.144. The number of hydrogen-bond acceptors (Lipinski definition) is 3. The summed E-state index contributed by atoms with van der Waals surface area (Å²) in [7, 11) is 0. The first-order valence-corrected chi connectivity index (χ1v) is 6.95. The number of amides is 1. The van der Waals surface area contributed by atoms with Crippen molar-refractivity contribution >= 4 is 5.91 Å². The van der Waals surface area contributed by atoms with Crippen LogP contribution in [0.1, 0.15) is 16.8 Å². The first kappa shape index (κ1) is 13.6. The number of nitrogens with zero attached hydrogens (tertiary/aromatic N) is 2. The highest BCUT2D eigenvalue weighted by molar-refractivity contribution is 5.94. The van der Waals surface area contributed by atoms with Crippen LogP contribution in [0.5, 0.6) is 0 Å². The number of rotatable bonds is 4. The van der Waals surface area contributed by atoms with E-state index in [-0.39, 0.29) is 24.5 Å². The van der Waals surface area contributed by atoms with Crippen molar-refractivity contribution in [2.75, 3.05) is 6.61 Å². The van der Waals surface area contributed by atoms with Gasteiger partial charge in [0, 0.05) is 37.2 Å². The molecule has 2 N–H and O–H groups in total. The van der Waals surface area contributed by atoms with Crippen LogP contribution in [0, 0.1) is 5.92 Å². The first-order chi connectivity index (χ1) is 10.3. The fraction of sp³-hybridized carbons (Fsp3) is 0.250. The largest absolute Gasteiger partial charge is 0.396 e. The Morgan fingerprint density at radius 2 is 2.14 bits per heavy atom. The summed E-state index contributed by atoms with van der Waals surface area (Å²) in [6, 6.07) is 7.41. The third-order valence-electron chi connectivity index (χ3n) is 3.60. The van der Waals surface area contributed by atoms with Crippen LogP contribution in [0.25, 0.3) is 5.82 Å². The number of aliphatic hydroxyl groups excluding tert-OH is 1. The maximum absolute atomic E-state index is 12.1. The van der Waals surface area contributed by atoms with Gasteiger partial charge < -0.3 is 15.0 Å². The van der Waals surface area contributed by atoms with Crippen LogP contribution in [-0.4, -0.2) is 33.2 Å². The van der Waals surface area contributed by atoms with E-state index in [1.165, 1.54) is 0 Å². The average molecular weight is 283 g/mol. The van der Waals surface area contributed by atoms with E-state index >= 15 is 0 Å². The molecule has 0 aliphatic heterocycles. The summed E-state index contributed by atoms with van der Waals surface area (Å²) < 4.78 is 1.88. The summed E-state index contributed by atoms with van der Waals surface area (Å²) in [4.78, 5) is 16.4. The normalized spacial score (nSPS) is 20.6. The molecule has 5 nitrogen and oxygen atoms in total. The third-order valence-corrected chi connectivity index (χ3v) is 3.60. The molecule has 2 heterocycles. The molecule has 2 aromatic rings. The second-order valence-electron chi connectivity index (χ2n) is 5.14. The molecule has 2 atom stereocenters. The average Bonchev–Trinajstić information content (AvgIpc) is 3.19. The number of aromatic nitrogens is 2. The van der Waals surface area contributed by atoms with Gasteiger partial charge >= 0.3 is 0 Å². The molecule has 0 aromatic carbocycles. The highest BCUT2D eigenvalue weighted by Crippen LogP contribution is 2.17. The smallest absolute Gasteiger partial charge is 0.253 e. The second kappa shape index (κ2) is 5.93. The Bertz CT molecular complexity index is 632. The van der Waals surface area contributed by atoms with Crippen LogP contribution >= 0.6 is 0 Å². The van der Waals surface area contributed by atoms with Gasteiger partial charge in [-0.2, -0.15) is 0 Å². The predicted octanol–water partition coefficient (Wildman–Crippen LogP) is 1.54. The van der Waals surface area contributed by atoms with Crippen molar-refractivity contribution < 1.29 is 9.90 Å². The van der Waals surface area contributed by atoms with Gasteiger partial charge in [0.25, 0.3) is 5.91 Å². The van der Waals surface area contributed by atoms with Crippen molar-refractivity contribution in [3.05, 3.63) is 60.6 Å². The maximum Gasteiger partial charge on any atom is 0.253 e. The second-order valence-corrected chi connectivity index (χ2v) is 5.14. The van der Waals surface area contributed by atoms with Gasteiger partial charge in [0.2, 0.25) is 0 Å². The molecule has 1 amide bonds. The molecule has 0 bridgehead atoms. The molecular formula is C16H17N3O2. The molecule has 21 heavy (non-hydrogen) atoms. The van der Waals surface area contributed by atoms with E-state index in [1.54, 1.807) is 12.3 Å². The summed E-state index contributed by atoms with van der Waals surface area (Å²) in [5, 5.41) is 12.0. The summed E-state index contributed by atoms with van der Waals surface area (Å²) in [6.45, 7) is 0.121. The van der Waals surface area contributed by atoms with Crippen molar-refractivity contribution in [2.24, 2.45) is 5.92 Å². The number of carbonyl (C=O) groups is 1. The van der Waals surface area contributed by atoms with Gasteiger partial charge in [0.05, 0.1) is 5.56 Å². The maximum atomic E-state index is 12.1. The van der Waals surface area contributed by atoms with Gasteiger partial charge in [-0.1, -0.05) is 12.2 Å². The Labute approximate surface area is 122 Å². The van der Waals surface area contributed by atoms with Crippen LogP contribution in [0.3, 0.4) is 0 Å². The SMILES string of the molecule is O=C(N[C@@H]1C=C[C@H](CO)C1)c1ccc(-n2cccc2)nc1. The Morgan fingerprint density at radius 1 is 1.33 bits per heavy atom. The highest BCUT2D eigenvalue weighted by atomic mass is 16.3. The van der Waals surface area contributed by atoms with Crippen LogP contribution in [0.4, 0.5) is 0 Å². The van der Waals surface area contributed by atoms with Crippen LogP contribution < -0.4 is 5.32 Å². The monoisotopic (exact) mass is 283 g/mol. The number of carbonyl (C=O) groups excluding carboxylic acids is 1. The predicted molar refractivity (Wildman–Crippen MR) is 79.2 cm³/mol. The van der Waals surface area contributed by atoms with Gasteiger partial charge in [-0.15, -0.1) is 0 Å². The molecule has 5 heteroatoms. The zero-order valence-corrected chi connectivity index (χ0v) is 11.5. The first-order valence-electron chi connectivity index (χ1n) is 6.95. The van der Waals surface area contributed by atoms with Gasteiger partial charge in [0.15, 0.2) is 0 Å². The molecular weight excluding hydrogens is 266 g/mol. The number of aliphatic hydroxyl groups is 1. The van der Waals surface area contributed by atoms with E-state index in [4.69, 9.17) is 5.11 Å². The lowest BCUT2D eigenvalue weighted by Crippen LogP contribution is -2.33. The lowest BCUT2D eigenvalue weighted by Gasteiger charge is -2.12. The van der Waals surface area contributed by atoms with E-state index in [0.717, 1.165) is 12.2 Å². The Morgan fingerprint density at radius 3 is 2.76 bits per heavy atom. The molecule has 0 spiro atoms. The van der Waals surface area contributed by atoms with Crippen molar-refractivity contribution in [1.29, 1.82) is 0 Å². The fourth-order valence-corrected chi connectivity index (χ4v) is 2.43. The van der Waals surface area contributed by atoms with E-state index in [0.29, 0.717) is 5.56 Å². The van der Waals surface area contributed by atoms with Gasteiger partial charge in [-0.05, 0) is 30.7 Å². The van der Waals surface area contributed by atoms with Crippen LogP contribution in [0.15, 0.2) is 55.0 Å². The molecule has 0 saturated carbocycles. The number of hydrogen-bond donors (Lipinski definition) is 2. The molecule has 0 unspecified atom stereocenters. The Hall–Kier alpha value is -2.40. The van der Waals surface area contributed by atoms with Crippen molar-refractivity contribution in [3.63, 3.8) is 0 Å². The minimum Gasteiger partial charge on any atom is -0.396 e. The molecule has 3 rings (SSSR count). The van der Waals surface area contributed by atoms with Crippen molar-refractivity contribution in [2.45, 2.75) is 12.5 Å². The molecule has 0 radical (unpaired) electrons. The van der Waals surface area contributed by atoms with Crippen LogP contribution in [-0.2, 0) is 0 Å². The molecule has 1 aliphatic carbocycles. The third kappa shape index (κ3) is 3.03. The standard InChI is InChI=1S/C16H17N3O2/c20-11-12-3-5-14(9-12)18-16(21)13-4-6-15(17-10-13)19-7-1-2-8-19/h1-8,10,12,14,20H,9,11H2,(H,18,21)/t12-,14+/m0/s1. The number of pyridine rings is 1. The van der Waals surface area contributed by atoms with E-state index in [9.17, 15) is 4.79 Å². The highest BCUT2D eigenvalue weighted by Gasteiger charge is 2.20. The zero-order valence-electron chi connectivity index (χ0n) is 11.5.